The summed E-state index contributed by atoms with van der Waals surface area (Å²) >= 11 is 0. The Balaban J connectivity index is 1.41. The van der Waals surface area contributed by atoms with E-state index in [-0.39, 0.29) is 0 Å². The van der Waals surface area contributed by atoms with Crippen LogP contribution in [0.4, 0.5) is 0 Å². The van der Waals surface area contributed by atoms with Gasteiger partial charge in [-0.3, -0.25) is 0 Å². The molecule has 6 aromatic carbocycles. The predicted molar refractivity (Wildman–Crippen MR) is 167 cm³/mol. The van der Waals surface area contributed by atoms with E-state index in [1.807, 2.05) is 72.8 Å². The summed E-state index contributed by atoms with van der Waals surface area (Å²) in [7, 11) is 0. The number of para-hydroxylation sites is 1. The van der Waals surface area contributed by atoms with Gasteiger partial charge < -0.3 is 8.83 Å². The van der Waals surface area contributed by atoms with Crippen LogP contribution >= 0.6 is 0 Å². The van der Waals surface area contributed by atoms with Crippen LogP contribution in [0.3, 0.4) is 0 Å². The highest BCUT2D eigenvalue weighted by Crippen LogP contribution is 2.41. The molecule has 0 unspecified atom stereocenters. The Morgan fingerprint density at radius 1 is 0.429 bits per heavy atom. The van der Waals surface area contributed by atoms with E-state index >= 15 is 0 Å². The summed E-state index contributed by atoms with van der Waals surface area (Å²) in [6, 6.07) is 44.7. The van der Waals surface area contributed by atoms with Crippen LogP contribution in [-0.2, 0) is 0 Å². The third-order valence-electron chi connectivity index (χ3n) is 7.94. The molecule has 0 bridgehead atoms. The number of benzene rings is 6. The summed E-state index contributed by atoms with van der Waals surface area (Å²) < 4.78 is 12.3. The van der Waals surface area contributed by atoms with Gasteiger partial charge in [0.15, 0.2) is 0 Å². The molecule has 0 saturated carbocycles. The molecule has 194 valence electrons. The van der Waals surface area contributed by atoms with Gasteiger partial charge in [-0.15, -0.1) is 0 Å². The molecular formula is C38H20N2O2. The van der Waals surface area contributed by atoms with Crippen molar-refractivity contribution in [2.75, 3.05) is 0 Å². The van der Waals surface area contributed by atoms with Gasteiger partial charge in [0, 0.05) is 21.5 Å². The molecule has 0 saturated heterocycles. The highest BCUT2D eigenvalue weighted by molar-refractivity contribution is 6.13. The van der Waals surface area contributed by atoms with E-state index < -0.39 is 0 Å². The Kier molecular flexibility index (Phi) is 5.22. The van der Waals surface area contributed by atoms with Crippen molar-refractivity contribution >= 4 is 43.9 Å². The fourth-order valence-electron chi connectivity index (χ4n) is 5.98. The van der Waals surface area contributed by atoms with Crippen LogP contribution in [0.1, 0.15) is 11.1 Å². The fourth-order valence-corrected chi connectivity index (χ4v) is 5.98. The largest absolute Gasteiger partial charge is 0.456 e. The minimum absolute atomic E-state index is 0.591. The fraction of sp³-hybridized carbons (Fsp3) is 0. The van der Waals surface area contributed by atoms with E-state index in [4.69, 9.17) is 8.83 Å². The maximum Gasteiger partial charge on any atom is 0.136 e. The number of furan rings is 2. The van der Waals surface area contributed by atoms with Crippen molar-refractivity contribution in [1.29, 1.82) is 10.5 Å². The SMILES string of the molecule is N#Cc1ccc2oc3ccc(-c4cc(-c5ccccc5C#N)cc(-c5cccc6oc7ccccc7c56)c4)cc3c2c1. The first-order chi connectivity index (χ1) is 20.7. The molecule has 0 spiro atoms. The van der Waals surface area contributed by atoms with E-state index in [0.717, 1.165) is 77.3 Å². The van der Waals surface area contributed by atoms with Crippen molar-refractivity contribution in [2.24, 2.45) is 0 Å². The van der Waals surface area contributed by atoms with Gasteiger partial charge in [-0.1, -0.05) is 54.6 Å². The Morgan fingerprint density at radius 2 is 1.07 bits per heavy atom. The number of nitrogens with zero attached hydrogens (tertiary/aromatic N) is 2. The van der Waals surface area contributed by atoms with E-state index in [9.17, 15) is 10.5 Å². The molecule has 0 amide bonds. The minimum Gasteiger partial charge on any atom is -0.456 e. The number of fused-ring (bicyclic) bond motifs is 6. The first-order valence-electron chi connectivity index (χ1n) is 13.6. The summed E-state index contributed by atoms with van der Waals surface area (Å²) in [5.41, 5.74) is 10.3. The molecule has 42 heavy (non-hydrogen) atoms. The summed E-state index contributed by atoms with van der Waals surface area (Å²) in [6.07, 6.45) is 0. The topological polar surface area (TPSA) is 73.9 Å². The molecule has 0 N–H and O–H groups in total. The molecule has 8 rings (SSSR count). The smallest absolute Gasteiger partial charge is 0.136 e. The van der Waals surface area contributed by atoms with Gasteiger partial charge in [0.2, 0.25) is 0 Å². The molecular weight excluding hydrogens is 516 g/mol. The summed E-state index contributed by atoms with van der Waals surface area (Å²) in [5.74, 6) is 0. The lowest BCUT2D eigenvalue weighted by atomic mass is 9.90. The Bertz CT molecular complexity index is 2450. The van der Waals surface area contributed by atoms with Crippen LogP contribution in [0.5, 0.6) is 0 Å². The van der Waals surface area contributed by atoms with E-state index in [2.05, 4.69) is 54.6 Å². The van der Waals surface area contributed by atoms with Crippen molar-refractivity contribution in [3.8, 4) is 45.5 Å². The second kappa shape index (κ2) is 9.24. The molecule has 0 aliphatic rings. The predicted octanol–water partition coefficient (Wildman–Crippen LogP) is 10.2. The van der Waals surface area contributed by atoms with Gasteiger partial charge in [-0.05, 0) is 100 Å². The molecule has 4 nitrogen and oxygen atoms in total. The van der Waals surface area contributed by atoms with Crippen LogP contribution in [0, 0.1) is 22.7 Å². The maximum atomic E-state index is 9.93. The highest BCUT2D eigenvalue weighted by atomic mass is 16.3. The average Bonchev–Trinajstić information content (AvgIpc) is 3.62. The average molecular weight is 537 g/mol. The molecule has 4 heteroatoms. The Labute approximate surface area is 240 Å². The van der Waals surface area contributed by atoms with Crippen molar-refractivity contribution < 1.29 is 8.83 Å². The van der Waals surface area contributed by atoms with E-state index in [1.165, 1.54) is 0 Å². The van der Waals surface area contributed by atoms with Crippen molar-refractivity contribution in [1.82, 2.24) is 0 Å². The van der Waals surface area contributed by atoms with Crippen molar-refractivity contribution in [2.45, 2.75) is 0 Å². The zero-order valence-corrected chi connectivity index (χ0v) is 22.3. The zero-order valence-electron chi connectivity index (χ0n) is 22.3. The number of hydrogen-bond donors (Lipinski definition) is 0. The Hall–Kier alpha value is -6.10. The lowest BCUT2D eigenvalue weighted by Crippen LogP contribution is -1.89. The van der Waals surface area contributed by atoms with Crippen molar-refractivity contribution in [3.05, 3.63) is 132 Å². The van der Waals surface area contributed by atoms with Gasteiger partial charge in [0.1, 0.15) is 22.3 Å². The molecule has 8 aromatic rings. The first-order valence-corrected chi connectivity index (χ1v) is 13.6. The highest BCUT2D eigenvalue weighted by Gasteiger charge is 2.16. The molecule has 2 aromatic heterocycles. The monoisotopic (exact) mass is 536 g/mol. The van der Waals surface area contributed by atoms with Gasteiger partial charge in [0.25, 0.3) is 0 Å². The normalized spacial score (nSPS) is 11.3. The molecule has 0 aliphatic carbocycles. The second-order valence-corrected chi connectivity index (χ2v) is 10.4. The lowest BCUT2D eigenvalue weighted by Gasteiger charge is -2.13. The van der Waals surface area contributed by atoms with Crippen LogP contribution in [0.25, 0.3) is 77.3 Å². The molecule has 2 heterocycles. The van der Waals surface area contributed by atoms with Crippen LogP contribution in [0.2, 0.25) is 0 Å². The quantitative estimate of drug-likeness (QED) is 0.225. The van der Waals surface area contributed by atoms with E-state index in [0.29, 0.717) is 11.1 Å². The molecule has 0 fully saturated rings. The van der Waals surface area contributed by atoms with Crippen molar-refractivity contribution in [3.63, 3.8) is 0 Å². The third kappa shape index (κ3) is 3.68. The lowest BCUT2D eigenvalue weighted by molar-refractivity contribution is 0.668. The number of nitriles is 2. The second-order valence-electron chi connectivity index (χ2n) is 10.4. The zero-order chi connectivity index (χ0) is 28.2. The number of rotatable bonds is 3. The van der Waals surface area contributed by atoms with Crippen LogP contribution < -0.4 is 0 Å². The standard InChI is InChI=1S/C38H20N2O2/c39-21-23-12-14-35-32(16-23)33-20-24(13-15-36(33)41-35)26-17-27(29-7-2-1-6-25(29)22-40)19-28(18-26)30-9-5-11-37-38(30)31-8-3-4-10-34(31)42-37/h1-20H. The van der Waals surface area contributed by atoms with Crippen LogP contribution in [-0.4, -0.2) is 0 Å². The summed E-state index contributed by atoms with van der Waals surface area (Å²) in [5, 5.41) is 23.4. The third-order valence-corrected chi connectivity index (χ3v) is 7.94. The molecule has 0 aliphatic heterocycles. The minimum atomic E-state index is 0.591. The molecule has 0 radical (unpaired) electrons. The Morgan fingerprint density at radius 3 is 1.93 bits per heavy atom. The molecule has 0 atom stereocenters. The van der Waals surface area contributed by atoms with Crippen LogP contribution in [0.15, 0.2) is 130 Å². The first kappa shape index (κ1) is 23.8. The number of hydrogen-bond acceptors (Lipinski definition) is 4. The van der Waals surface area contributed by atoms with Gasteiger partial charge >= 0.3 is 0 Å². The van der Waals surface area contributed by atoms with E-state index in [1.54, 1.807) is 6.07 Å². The summed E-state index contributed by atoms with van der Waals surface area (Å²) in [4.78, 5) is 0. The summed E-state index contributed by atoms with van der Waals surface area (Å²) in [6.45, 7) is 0. The maximum absolute atomic E-state index is 9.93. The van der Waals surface area contributed by atoms with Gasteiger partial charge in [0.05, 0.1) is 23.3 Å². The van der Waals surface area contributed by atoms with Gasteiger partial charge in [-0.2, -0.15) is 10.5 Å². The van der Waals surface area contributed by atoms with Gasteiger partial charge in [-0.25, -0.2) is 0 Å².